The molecule has 2 aromatic carbocycles. The lowest BCUT2D eigenvalue weighted by molar-refractivity contribution is -0.118. The van der Waals surface area contributed by atoms with E-state index in [-0.39, 0.29) is 12.5 Å². The minimum absolute atomic E-state index is 0.162. The molecule has 0 radical (unpaired) electrons. The van der Waals surface area contributed by atoms with Gasteiger partial charge in [0.1, 0.15) is 11.3 Å². The number of benzene rings is 2. The molecule has 1 N–H and O–H groups in total. The van der Waals surface area contributed by atoms with Crippen LogP contribution in [0.4, 0.5) is 5.69 Å². The highest BCUT2D eigenvalue weighted by Crippen LogP contribution is 2.19. The van der Waals surface area contributed by atoms with Crippen molar-refractivity contribution in [2.24, 2.45) is 0 Å². The predicted octanol–water partition coefficient (Wildman–Crippen LogP) is 3.46. The fourth-order valence-corrected chi connectivity index (χ4v) is 2.14. The lowest BCUT2D eigenvalue weighted by atomic mass is 10.2. The molecule has 116 valence electrons. The second-order valence-corrected chi connectivity index (χ2v) is 5.23. The van der Waals surface area contributed by atoms with Gasteiger partial charge in [0.15, 0.2) is 6.61 Å². The van der Waals surface area contributed by atoms with E-state index in [0.29, 0.717) is 22.0 Å². The maximum atomic E-state index is 11.8. The summed E-state index contributed by atoms with van der Waals surface area (Å²) in [6.07, 6.45) is 0. The zero-order chi connectivity index (χ0) is 16.2. The Morgan fingerprint density at radius 1 is 1.09 bits per heavy atom. The van der Waals surface area contributed by atoms with Crippen molar-refractivity contribution in [2.75, 3.05) is 11.9 Å². The Bertz CT molecular complexity index is 902. The molecule has 0 aliphatic heterocycles. The summed E-state index contributed by atoms with van der Waals surface area (Å²) in [4.78, 5) is 23.1. The maximum absolute atomic E-state index is 11.8. The highest BCUT2D eigenvalue weighted by Gasteiger charge is 2.05. The van der Waals surface area contributed by atoms with Crippen LogP contribution in [0.25, 0.3) is 11.0 Å². The average molecular weight is 330 g/mol. The first-order valence-electron chi connectivity index (χ1n) is 6.82. The highest BCUT2D eigenvalue weighted by atomic mass is 35.5. The average Bonchev–Trinajstić information content (AvgIpc) is 2.54. The van der Waals surface area contributed by atoms with Gasteiger partial charge < -0.3 is 14.5 Å². The first-order valence-corrected chi connectivity index (χ1v) is 7.20. The number of fused-ring (bicyclic) bond motifs is 1. The molecular formula is C17H12ClNO4. The minimum Gasteiger partial charge on any atom is -0.484 e. The van der Waals surface area contributed by atoms with Crippen molar-refractivity contribution in [1.82, 2.24) is 0 Å². The number of hydrogen-bond acceptors (Lipinski definition) is 4. The number of anilines is 1. The second-order valence-electron chi connectivity index (χ2n) is 4.80. The molecule has 6 heteroatoms. The van der Waals surface area contributed by atoms with Crippen LogP contribution in [0.1, 0.15) is 0 Å². The van der Waals surface area contributed by atoms with Crippen molar-refractivity contribution >= 4 is 34.2 Å². The molecule has 1 heterocycles. The Labute approximate surface area is 136 Å². The van der Waals surface area contributed by atoms with Crippen molar-refractivity contribution in [3.8, 4) is 5.75 Å². The second kappa shape index (κ2) is 6.54. The molecule has 0 unspecified atom stereocenters. The summed E-state index contributed by atoms with van der Waals surface area (Å²) in [7, 11) is 0. The third-order valence-electron chi connectivity index (χ3n) is 3.09. The summed E-state index contributed by atoms with van der Waals surface area (Å²) in [5.41, 5.74) is 0.607. The fourth-order valence-electron chi connectivity index (χ4n) is 2.01. The molecule has 0 atom stereocenters. The van der Waals surface area contributed by atoms with Crippen LogP contribution in [0, 0.1) is 0 Å². The van der Waals surface area contributed by atoms with Crippen LogP contribution in [0.2, 0.25) is 5.02 Å². The highest BCUT2D eigenvalue weighted by molar-refractivity contribution is 6.30. The molecule has 0 fully saturated rings. The maximum Gasteiger partial charge on any atom is 0.336 e. The number of hydrogen-bond donors (Lipinski definition) is 1. The van der Waals surface area contributed by atoms with Crippen molar-refractivity contribution in [3.05, 3.63) is 70.0 Å². The molecule has 3 aromatic rings. The molecule has 0 saturated carbocycles. The molecule has 1 amide bonds. The van der Waals surface area contributed by atoms with E-state index in [0.717, 1.165) is 5.39 Å². The standard InChI is InChI=1S/C17H12ClNO4/c18-12-3-5-13(6-4-12)19-16(20)10-22-14-7-1-11-2-8-17(21)23-15(11)9-14/h1-9H,10H2,(H,19,20). The van der Waals surface area contributed by atoms with Gasteiger partial charge in [0.05, 0.1) is 0 Å². The summed E-state index contributed by atoms with van der Waals surface area (Å²) >= 11 is 5.78. The Hall–Kier alpha value is -2.79. The topological polar surface area (TPSA) is 68.5 Å². The first kappa shape index (κ1) is 15.1. The Morgan fingerprint density at radius 2 is 1.83 bits per heavy atom. The molecule has 0 bridgehead atoms. The SMILES string of the molecule is O=C(COc1ccc2ccc(=O)oc2c1)Nc1ccc(Cl)cc1. The summed E-state index contributed by atoms with van der Waals surface area (Å²) in [6.45, 7) is -0.162. The predicted molar refractivity (Wildman–Crippen MR) is 88.1 cm³/mol. The molecule has 0 aliphatic rings. The molecule has 5 nitrogen and oxygen atoms in total. The third-order valence-corrected chi connectivity index (χ3v) is 3.34. The number of carbonyl (C=O) groups is 1. The monoisotopic (exact) mass is 329 g/mol. The van der Waals surface area contributed by atoms with E-state index in [2.05, 4.69) is 5.32 Å². The minimum atomic E-state index is -0.435. The van der Waals surface area contributed by atoms with Crippen LogP contribution >= 0.6 is 11.6 Å². The van der Waals surface area contributed by atoms with Crippen LogP contribution < -0.4 is 15.7 Å². The molecule has 0 aliphatic carbocycles. The van der Waals surface area contributed by atoms with Crippen molar-refractivity contribution in [1.29, 1.82) is 0 Å². The van der Waals surface area contributed by atoms with Crippen LogP contribution in [0.5, 0.6) is 5.75 Å². The quantitative estimate of drug-likeness (QED) is 0.744. The lowest BCUT2D eigenvalue weighted by Gasteiger charge is -2.08. The summed E-state index contributed by atoms with van der Waals surface area (Å²) in [5, 5.41) is 4.06. The van der Waals surface area contributed by atoms with Crippen LogP contribution in [0.3, 0.4) is 0 Å². The molecule has 3 rings (SSSR count). The Morgan fingerprint density at radius 3 is 2.61 bits per heavy atom. The van der Waals surface area contributed by atoms with E-state index in [1.54, 1.807) is 48.5 Å². The Balaban J connectivity index is 1.64. The van der Waals surface area contributed by atoms with Gasteiger partial charge in [-0.3, -0.25) is 4.79 Å². The van der Waals surface area contributed by atoms with Gasteiger partial charge >= 0.3 is 5.63 Å². The zero-order valence-corrected chi connectivity index (χ0v) is 12.7. The van der Waals surface area contributed by atoms with Crippen molar-refractivity contribution < 1.29 is 13.9 Å². The van der Waals surface area contributed by atoms with Gasteiger partial charge in [-0.25, -0.2) is 4.79 Å². The number of ether oxygens (including phenoxy) is 1. The molecule has 1 aromatic heterocycles. The van der Waals surface area contributed by atoms with Gasteiger partial charge in [0, 0.05) is 28.2 Å². The number of halogens is 1. The van der Waals surface area contributed by atoms with E-state index >= 15 is 0 Å². The van der Waals surface area contributed by atoms with E-state index in [1.807, 2.05) is 0 Å². The van der Waals surface area contributed by atoms with Gasteiger partial charge in [-0.15, -0.1) is 0 Å². The van der Waals surface area contributed by atoms with Gasteiger partial charge in [-0.05, 0) is 42.5 Å². The molecule has 23 heavy (non-hydrogen) atoms. The zero-order valence-electron chi connectivity index (χ0n) is 11.9. The van der Waals surface area contributed by atoms with Crippen LogP contribution in [-0.2, 0) is 4.79 Å². The molecule has 0 saturated heterocycles. The van der Waals surface area contributed by atoms with Crippen molar-refractivity contribution in [3.63, 3.8) is 0 Å². The number of amides is 1. The van der Waals surface area contributed by atoms with Crippen LogP contribution in [0.15, 0.2) is 63.8 Å². The van der Waals surface area contributed by atoms with E-state index in [9.17, 15) is 9.59 Å². The summed E-state index contributed by atoms with van der Waals surface area (Å²) in [5.74, 6) is 0.139. The van der Waals surface area contributed by atoms with E-state index in [1.165, 1.54) is 6.07 Å². The van der Waals surface area contributed by atoms with Crippen molar-refractivity contribution in [2.45, 2.75) is 0 Å². The number of carbonyl (C=O) groups excluding carboxylic acids is 1. The molecule has 0 spiro atoms. The van der Waals surface area contributed by atoms with E-state index in [4.69, 9.17) is 20.8 Å². The largest absolute Gasteiger partial charge is 0.484 e. The van der Waals surface area contributed by atoms with Gasteiger partial charge in [-0.2, -0.15) is 0 Å². The van der Waals surface area contributed by atoms with Gasteiger partial charge in [0.25, 0.3) is 5.91 Å². The summed E-state index contributed by atoms with van der Waals surface area (Å²) < 4.78 is 10.5. The normalized spacial score (nSPS) is 10.5. The number of rotatable bonds is 4. The van der Waals surface area contributed by atoms with E-state index < -0.39 is 5.63 Å². The summed E-state index contributed by atoms with van der Waals surface area (Å²) in [6, 6.07) is 14.8. The van der Waals surface area contributed by atoms with Gasteiger partial charge in [0.2, 0.25) is 0 Å². The number of nitrogens with one attached hydrogen (secondary N) is 1. The fraction of sp³-hybridized carbons (Fsp3) is 0.0588. The third kappa shape index (κ3) is 3.90. The Kier molecular flexibility index (Phi) is 4.30. The smallest absolute Gasteiger partial charge is 0.336 e. The molecular weight excluding hydrogens is 318 g/mol. The van der Waals surface area contributed by atoms with Gasteiger partial charge in [-0.1, -0.05) is 11.6 Å². The lowest BCUT2D eigenvalue weighted by Crippen LogP contribution is -2.20. The first-order chi connectivity index (χ1) is 11.1. The van der Waals surface area contributed by atoms with Crippen LogP contribution in [-0.4, -0.2) is 12.5 Å².